The predicted molar refractivity (Wildman–Crippen MR) is 64.4 cm³/mol. The lowest BCUT2D eigenvalue weighted by Gasteiger charge is -2.17. The maximum Gasteiger partial charge on any atom is 0.474 e. The number of hydrogen-bond acceptors (Lipinski definition) is 8. The van der Waals surface area contributed by atoms with Crippen LogP contribution in [0.15, 0.2) is 0 Å². The molecule has 1 unspecified atom stereocenters. The summed E-state index contributed by atoms with van der Waals surface area (Å²) >= 11 is 0. The third kappa shape index (κ3) is 4.49. The highest BCUT2D eigenvalue weighted by molar-refractivity contribution is 7.47. The van der Waals surface area contributed by atoms with E-state index in [-0.39, 0.29) is 12.5 Å². The predicted octanol–water partition coefficient (Wildman–Crippen LogP) is -0.604. The highest BCUT2D eigenvalue weighted by Crippen LogP contribution is 2.45. The number of phosphoric acid groups is 1. The molecule has 3 N–H and O–H groups in total. The van der Waals surface area contributed by atoms with Crippen LogP contribution < -0.4 is 0 Å². The molecule has 0 amide bonds. The first kappa shape index (κ1) is 17.5. The van der Waals surface area contributed by atoms with Crippen LogP contribution in [0.4, 0.5) is 0 Å². The Labute approximate surface area is 116 Å². The summed E-state index contributed by atoms with van der Waals surface area (Å²) in [6, 6.07) is 0. The molecule has 0 bridgehead atoms. The molecular formula is C10H19O9P. The average molecular weight is 314 g/mol. The minimum atomic E-state index is -4.37. The fourth-order valence-electron chi connectivity index (χ4n) is 1.44. The Hall–Kier alpha value is -0.540. The third-order valence-corrected chi connectivity index (χ3v) is 3.58. The van der Waals surface area contributed by atoms with Crippen molar-refractivity contribution in [3.05, 3.63) is 0 Å². The van der Waals surface area contributed by atoms with Gasteiger partial charge in [0.25, 0.3) is 0 Å². The molecule has 0 spiro atoms. The highest BCUT2D eigenvalue weighted by Gasteiger charge is 2.47. The first-order valence-corrected chi connectivity index (χ1v) is 7.42. The van der Waals surface area contributed by atoms with E-state index in [1.54, 1.807) is 13.8 Å². The second-order valence-corrected chi connectivity index (χ2v) is 6.08. The number of aliphatic hydroxyl groups is 2. The molecule has 0 aromatic carbocycles. The van der Waals surface area contributed by atoms with Crippen LogP contribution in [0.2, 0.25) is 0 Å². The van der Waals surface area contributed by atoms with E-state index >= 15 is 0 Å². The minimum absolute atomic E-state index is 0.308. The Morgan fingerprint density at radius 2 is 1.95 bits per heavy atom. The van der Waals surface area contributed by atoms with Crippen LogP contribution in [0, 0.1) is 5.92 Å². The van der Waals surface area contributed by atoms with Crippen molar-refractivity contribution >= 4 is 13.8 Å². The Morgan fingerprint density at radius 1 is 1.35 bits per heavy atom. The van der Waals surface area contributed by atoms with Crippen LogP contribution in [0.1, 0.15) is 13.8 Å². The Morgan fingerprint density at radius 3 is 2.45 bits per heavy atom. The van der Waals surface area contributed by atoms with Crippen molar-refractivity contribution < 1.29 is 43.0 Å². The summed E-state index contributed by atoms with van der Waals surface area (Å²) in [6.07, 6.45) is -5.59. The molecule has 9 nitrogen and oxygen atoms in total. The van der Waals surface area contributed by atoms with Crippen LogP contribution in [-0.4, -0.2) is 59.4 Å². The lowest BCUT2D eigenvalue weighted by molar-refractivity contribution is -0.159. The molecule has 1 aliphatic heterocycles. The van der Waals surface area contributed by atoms with Crippen molar-refractivity contribution in [1.82, 2.24) is 0 Å². The van der Waals surface area contributed by atoms with Gasteiger partial charge in [0.15, 0.2) is 6.29 Å². The first-order valence-electron chi connectivity index (χ1n) is 5.93. The molecule has 1 aliphatic rings. The van der Waals surface area contributed by atoms with E-state index in [0.717, 1.165) is 7.11 Å². The van der Waals surface area contributed by atoms with Gasteiger partial charge in [-0.15, -0.1) is 0 Å². The number of esters is 1. The van der Waals surface area contributed by atoms with Crippen LogP contribution in [-0.2, 0) is 27.9 Å². The van der Waals surface area contributed by atoms with E-state index < -0.39 is 38.4 Å². The van der Waals surface area contributed by atoms with Crippen molar-refractivity contribution in [1.29, 1.82) is 0 Å². The van der Waals surface area contributed by atoms with Gasteiger partial charge in [-0.3, -0.25) is 13.8 Å². The monoisotopic (exact) mass is 314 g/mol. The van der Waals surface area contributed by atoms with Gasteiger partial charge < -0.3 is 24.6 Å². The van der Waals surface area contributed by atoms with Gasteiger partial charge in [0.05, 0.1) is 5.92 Å². The van der Waals surface area contributed by atoms with E-state index in [9.17, 15) is 19.6 Å². The number of carbonyl (C=O) groups is 1. The normalized spacial score (nSPS) is 33.1. The van der Waals surface area contributed by atoms with Crippen molar-refractivity contribution in [3.8, 4) is 0 Å². The molecule has 0 aromatic heterocycles. The van der Waals surface area contributed by atoms with E-state index in [4.69, 9.17) is 14.4 Å². The molecule has 0 aromatic rings. The zero-order valence-corrected chi connectivity index (χ0v) is 12.2. The van der Waals surface area contributed by atoms with Crippen molar-refractivity contribution in [2.75, 3.05) is 13.7 Å². The number of ether oxygens (including phenoxy) is 2. The molecule has 0 aliphatic carbocycles. The molecule has 1 rings (SSSR count). The quantitative estimate of drug-likeness (QED) is 0.434. The van der Waals surface area contributed by atoms with E-state index in [1.165, 1.54) is 0 Å². The molecule has 20 heavy (non-hydrogen) atoms. The zero-order valence-electron chi connectivity index (χ0n) is 11.3. The van der Waals surface area contributed by atoms with Gasteiger partial charge in [-0.25, -0.2) is 4.57 Å². The van der Waals surface area contributed by atoms with Crippen molar-refractivity contribution in [2.24, 2.45) is 5.92 Å². The molecule has 0 saturated carbocycles. The van der Waals surface area contributed by atoms with Gasteiger partial charge in [0, 0.05) is 7.11 Å². The fraction of sp³-hybridized carbons (Fsp3) is 0.900. The molecule has 10 heteroatoms. The van der Waals surface area contributed by atoms with Crippen molar-refractivity contribution in [2.45, 2.75) is 38.4 Å². The molecule has 1 saturated heterocycles. The molecule has 118 valence electrons. The maximum atomic E-state index is 11.3. The minimum Gasteiger partial charge on any atom is -0.463 e. The second-order valence-electron chi connectivity index (χ2n) is 4.57. The van der Waals surface area contributed by atoms with Crippen molar-refractivity contribution in [3.63, 3.8) is 0 Å². The fourth-order valence-corrected chi connectivity index (χ4v) is 1.97. The summed E-state index contributed by atoms with van der Waals surface area (Å²) in [4.78, 5) is 20.4. The average Bonchev–Trinajstić information content (AvgIpc) is 2.63. The standard InChI is InChI=1S/C10H19O9P/c1-5(2)9(13)17-4-6-7(11)8(12)10(18-6)19-20(14,15)16-3/h5-8,10-12H,4H2,1-3H3,(H,14,15)/t6-,7-,8-,10-/m1/s1. The number of aliphatic hydroxyl groups excluding tert-OH is 2. The van der Waals surface area contributed by atoms with Crippen LogP contribution in [0.5, 0.6) is 0 Å². The summed E-state index contributed by atoms with van der Waals surface area (Å²) < 4.78 is 29.8. The number of hydrogen-bond donors (Lipinski definition) is 3. The second kappa shape index (κ2) is 6.95. The number of carbonyl (C=O) groups excluding carboxylic acids is 1. The molecule has 5 atom stereocenters. The number of rotatable bonds is 6. The summed E-state index contributed by atoms with van der Waals surface area (Å²) in [7, 11) is -3.43. The molecule has 1 heterocycles. The van der Waals surface area contributed by atoms with Gasteiger partial charge in [0.2, 0.25) is 0 Å². The third-order valence-electron chi connectivity index (χ3n) is 2.65. The van der Waals surface area contributed by atoms with E-state index in [1.807, 2.05) is 0 Å². The van der Waals surface area contributed by atoms with Crippen LogP contribution >= 0.6 is 7.82 Å². The summed E-state index contributed by atoms with van der Waals surface area (Å²) in [5.41, 5.74) is 0. The Kier molecular flexibility index (Phi) is 6.08. The molecular weight excluding hydrogens is 295 g/mol. The van der Waals surface area contributed by atoms with Crippen LogP contribution in [0.25, 0.3) is 0 Å². The largest absolute Gasteiger partial charge is 0.474 e. The van der Waals surface area contributed by atoms with Gasteiger partial charge in [-0.05, 0) is 0 Å². The summed E-state index contributed by atoms with van der Waals surface area (Å²) in [5.74, 6) is -0.846. The van der Waals surface area contributed by atoms with Gasteiger partial charge in [0.1, 0.15) is 24.9 Å². The highest BCUT2D eigenvalue weighted by atomic mass is 31.2. The lowest BCUT2D eigenvalue weighted by atomic mass is 10.1. The summed E-state index contributed by atoms with van der Waals surface area (Å²) in [5, 5.41) is 19.3. The smallest absolute Gasteiger partial charge is 0.463 e. The van der Waals surface area contributed by atoms with E-state index in [0.29, 0.717) is 0 Å². The van der Waals surface area contributed by atoms with Gasteiger partial charge >= 0.3 is 13.8 Å². The van der Waals surface area contributed by atoms with E-state index in [2.05, 4.69) is 9.05 Å². The SMILES string of the molecule is COP(=O)(O)O[C@H]1O[C@H](COC(=O)C(C)C)[C@@H](O)[C@H]1O. The topological polar surface area (TPSA) is 132 Å². The molecule has 1 fully saturated rings. The zero-order chi connectivity index (χ0) is 15.5. The maximum absolute atomic E-state index is 11.3. The van der Waals surface area contributed by atoms with Crippen LogP contribution in [0.3, 0.4) is 0 Å². The lowest BCUT2D eigenvalue weighted by Crippen LogP contribution is -2.35. The first-order chi connectivity index (χ1) is 9.18. The Bertz CT molecular complexity index is 385. The van der Waals surface area contributed by atoms with Gasteiger partial charge in [-0.2, -0.15) is 0 Å². The van der Waals surface area contributed by atoms with Gasteiger partial charge in [-0.1, -0.05) is 13.8 Å². The molecule has 0 radical (unpaired) electrons. The summed E-state index contributed by atoms with van der Waals surface area (Å²) in [6.45, 7) is 2.96. The Balaban J connectivity index is 2.56. The number of phosphoric ester groups is 1.